The smallest absolute Gasteiger partial charge is 0.205 e. The van der Waals surface area contributed by atoms with E-state index in [2.05, 4.69) is 50.2 Å². The van der Waals surface area contributed by atoms with Crippen molar-refractivity contribution in [3.05, 3.63) is 5.82 Å². The predicted molar refractivity (Wildman–Crippen MR) is 93.9 cm³/mol. The molecule has 1 N–H and O–H groups in total. The molecule has 0 saturated carbocycles. The number of nitrogens with one attached hydrogen (secondary N) is 1. The van der Waals surface area contributed by atoms with E-state index in [4.69, 9.17) is 0 Å². The number of hydrogen-bond acceptors (Lipinski definition) is 5. The number of hydrogen-bond donors (Lipinski definition) is 1. The minimum atomic E-state index is 0.715. The summed E-state index contributed by atoms with van der Waals surface area (Å²) in [6, 6.07) is 0. The van der Waals surface area contributed by atoms with Crippen LogP contribution in [0.4, 0.5) is 5.13 Å². The fourth-order valence-electron chi connectivity index (χ4n) is 2.43. The highest BCUT2D eigenvalue weighted by Gasteiger charge is 2.21. The van der Waals surface area contributed by atoms with E-state index in [1.54, 1.807) is 0 Å². The fraction of sp³-hybridized carbons (Fsp3) is 0.800. The van der Waals surface area contributed by atoms with Crippen LogP contribution < -0.4 is 10.2 Å². The Kier molecular flexibility index (Phi) is 6.42. The monoisotopic (exact) mass is 324 g/mol. The highest BCUT2D eigenvalue weighted by molar-refractivity contribution is 7.09. The molecule has 0 radical (unpaired) electrons. The van der Waals surface area contributed by atoms with Gasteiger partial charge in [-0.3, -0.25) is 4.99 Å². The van der Waals surface area contributed by atoms with Crippen LogP contribution in [-0.4, -0.2) is 60.0 Å². The molecule has 6 nitrogen and oxygen atoms in total. The summed E-state index contributed by atoms with van der Waals surface area (Å²) in [5.74, 6) is 2.69. The first kappa shape index (κ1) is 17.0. The van der Waals surface area contributed by atoms with Crippen LogP contribution in [0.1, 0.15) is 33.0 Å². The summed E-state index contributed by atoms with van der Waals surface area (Å²) in [7, 11) is 1.86. The van der Waals surface area contributed by atoms with Crippen LogP contribution in [0.5, 0.6) is 0 Å². The molecular formula is C15H28N6S. The topological polar surface area (TPSA) is 56.7 Å². The Labute approximate surface area is 137 Å². The number of anilines is 1. The molecule has 0 spiro atoms. The zero-order chi connectivity index (χ0) is 15.9. The number of guanidine groups is 1. The third-order valence-corrected chi connectivity index (χ3v) is 4.65. The lowest BCUT2D eigenvalue weighted by Crippen LogP contribution is -2.52. The van der Waals surface area contributed by atoms with Crippen molar-refractivity contribution in [2.75, 3.05) is 44.7 Å². The van der Waals surface area contributed by atoms with E-state index in [9.17, 15) is 0 Å². The van der Waals surface area contributed by atoms with Gasteiger partial charge in [-0.15, -0.1) is 0 Å². The molecule has 0 unspecified atom stereocenters. The second-order valence-corrected chi connectivity index (χ2v) is 6.71. The predicted octanol–water partition coefficient (Wildman–Crippen LogP) is 1.84. The van der Waals surface area contributed by atoms with Crippen molar-refractivity contribution in [1.82, 2.24) is 19.6 Å². The van der Waals surface area contributed by atoms with Gasteiger partial charge in [-0.25, -0.2) is 4.98 Å². The van der Waals surface area contributed by atoms with Crippen molar-refractivity contribution in [1.29, 1.82) is 0 Å². The van der Waals surface area contributed by atoms with Crippen LogP contribution in [-0.2, 0) is 6.42 Å². The van der Waals surface area contributed by atoms with Gasteiger partial charge in [0.1, 0.15) is 5.82 Å². The largest absolute Gasteiger partial charge is 0.356 e. The summed E-state index contributed by atoms with van der Waals surface area (Å²) in [6.45, 7) is 11.5. The van der Waals surface area contributed by atoms with Crippen molar-refractivity contribution in [3.8, 4) is 0 Å². The Morgan fingerprint density at radius 2 is 2.05 bits per heavy atom. The van der Waals surface area contributed by atoms with Gasteiger partial charge in [0.15, 0.2) is 5.96 Å². The Hall–Kier alpha value is -1.37. The quantitative estimate of drug-likeness (QED) is 0.662. The third kappa shape index (κ3) is 4.56. The van der Waals surface area contributed by atoms with E-state index < -0.39 is 0 Å². The first-order valence-corrected chi connectivity index (χ1v) is 8.94. The molecule has 1 aliphatic rings. The molecule has 1 aromatic heterocycles. The van der Waals surface area contributed by atoms with Gasteiger partial charge in [0.25, 0.3) is 0 Å². The summed E-state index contributed by atoms with van der Waals surface area (Å²) < 4.78 is 4.38. The summed E-state index contributed by atoms with van der Waals surface area (Å²) in [5, 5.41) is 4.53. The lowest BCUT2D eigenvalue weighted by atomic mass is 10.1. The first-order chi connectivity index (χ1) is 10.6. The van der Waals surface area contributed by atoms with Gasteiger partial charge in [0, 0.05) is 57.7 Å². The lowest BCUT2D eigenvalue weighted by molar-refractivity contribution is 0.371. The molecule has 1 fully saturated rings. The highest BCUT2D eigenvalue weighted by atomic mass is 32.1. The summed E-state index contributed by atoms with van der Waals surface area (Å²) in [5.41, 5.74) is 0. The van der Waals surface area contributed by atoms with Crippen LogP contribution in [0, 0.1) is 5.92 Å². The molecule has 0 bridgehead atoms. The Bertz CT molecular complexity index is 476. The number of nitrogens with zero attached hydrogens (tertiary/aromatic N) is 5. The van der Waals surface area contributed by atoms with E-state index in [0.717, 1.165) is 56.1 Å². The van der Waals surface area contributed by atoms with Gasteiger partial charge in [0.2, 0.25) is 5.13 Å². The zero-order valence-corrected chi connectivity index (χ0v) is 15.0. The van der Waals surface area contributed by atoms with E-state index in [0.29, 0.717) is 5.92 Å². The summed E-state index contributed by atoms with van der Waals surface area (Å²) in [6.07, 6.45) is 2.08. The van der Waals surface area contributed by atoms with Crippen molar-refractivity contribution in [3.63, 3.8) is 0 Å². The van der Waals surface area contributed by atoms with Crippen LogP contribution in [0.15, 0.2) is 4.99 Å². The average molecular weight is 324 g/mol. The van der Waals surface area contributed by atoms with Gasteiger partial charge in [0.05, 0.1) is 0 Å². The Balaban J connectivity index is 1.82. The number of aliphatic imine (C=N–C) groups is 1. The summed E-state index contributed by atoms with van der Waals surface area (Å²) >= 11 is 1.51. The minimum Gasteiger partial charge on any atom is -0.356 e. The molecule has 0 aromatic carbocycles. The molecule has 1 aliphatic heterocycles. The molecule has 2 rings (SSSR count). The van der Waals surface area contributed by atoms with Gasteiger partial charge >= 0.3 is 0 Å². The molecule has 22 heavy (non-hydrogen) atoms. The zero-order valence-electron chi connectivity index (χ0n) is 14.2. The van der Waals surface area contributed by atoms with Crippen molar-refractivity contribution in [2.45, 2.75) is 33.6 Å². The standard InChI is InChI=1S/C15H28N6S/c1-5-13-18-15(22-19-13)21-10-8-20(9-11-21)14(16-4)17-7-6-12(2)3/h12H,5-11H2,1-4H3,(H,16,17). The molecule has 1 saturated heterocycles. The van der Waals surface area contributed by atoms with Crippen LogP contribution >= 0.6 is 11.5 Å². The number of aryl methyl sites for hydroxylation is 1. The number of rotatable bonds is 5. The van der Waals surface area contributed by atoms with Gasteiger partial charge in [-0.05, 0) is 12.3 Å². The van der Waals surface area contributed by atoms with E-state index in [1.807, 2.05) is 7.05 Å². The average Bonchev–Trinajstić information content (AvgIpc) is 3.01. The van der Waals surface area contributed by atoms with E-state index >= 15 is 0 Å². The second-order valence-electron chi connectivity index (χ2n) is 5.98. The Morgan fingerprint density at radius 1 is 1.32 bits per heavy atom. The molecule has 0 atom stereocenters. The first-order valence-electron chi connectivity index (χ1n) is 8.17. The molecule has 0 amide bonds. The maximum Gasteiger partial charge on any atom is 0.205 e. The van der Waals surface area contributed by atoms with Crippen LogP contribution in [0.3, 0.4) is 0 Å². The molecular weight excluding hydrogens is 296 g/mol. The van der Waals surface area contributed by atoms with E-state index in [-0.39, 0.29) is 0 Å². The second kappa shape index (κ2) is 8.31. The maximum absolute atomic E-state index is 4.58. The molecule has 2 heterocycles. The summed E-state index contributed by atoms with van der Waals surface area (Å²) in [4.78, 5) is 13.7. The van der Waals surface area contributed by atoms with Crippen LogP contribution in [0.2, 0.25) is 0 Å². The van der Waals surface area contributed by atoms with Gasteiger partial charge in [-0.1, -0.05) is 20.8 Å². The highest BCUT2D eigenvalue weighted by Crippen LogP contribution is 2.19. The van der Waals surface area contributed by atoms with Crippen molar-refractivity contribution >= 4 is 22.6 Å². The Morgan fingerprint density at radius 3 is 2.59 bits per heavy atom. The SMILES string of the molecule is CCc1nsc(N2CCN(C(=NC)NCCC(C)C)CC2)n1. The van der Waals surface area contributed by atoms with Gasteiger partial charge < -0.3 is 15.1 Å². The number of aromatic nitrogens is 2. The van der Waals surface area contributed by atoms with Crippen molar-refractivity contribution < 1.29 is 0 Å². The molecule has 0 aliphatic carbocycles. The maximum atomic E-state index is 4.58. The third-order valence-electron chi connectivity index (χ3n) is 3.84. The molecule has 1 aromatic rings. The fourth-order valence-corrected chi connectivity index (χ4v) is 3.23. The van der Waals surface area contributed by atoms with Crippen molar-refractivity contribution in [2.24, 2.45) is 10.9 Å². The molecule has 7 heteroatoms. The number of piperazine rings is 1. The minimum absolute atomic E-state index is 0.715. The molecule has 124 valence electrons. The van der Waals surface area contributed by atoms with Gasteiger partial charge in [-0.2, -0.15) is 4.37 Å². The normalized spacial score (nSPS) is 16.5. The van der Waals surface area contributed by atoms with Crippen LogP contribution in [0.25, 0.3) is 0 Å². The lowest BCUT2D eigenvalue weighted by Gasteiger charge is -2.36. The van der Waals surface area contributed by atoms with E-state index in [1.165, 1.54) is 18.0 Å².